The summed E-state index contributed by atoms with van der Waals surface area (Å²) in [5.74, 6) is 2.91. The molecule has 2 heterocycles. The van der Waals surface area contributed by atoms with Gasteiger partial charge in [-0.05, 0) is 63.7 Å². The van der Waals surface area contributed by atoms with Gasteiger partial charge in [0.25, 0.3) is 0 Å². The number of rotatable bonds is 5. The summed E-state index contributed by atoms with van der Waals surface area (Å²) in [4.78, 5) is 2.56. The minimum Gasteiger partial charge on any atom is -0.465 e. The molecule has 0 bridgehead atoms. The van der Waals surface area contributed by atoms with E-state index >= 15 is 0 Å². The van der Waals surface area contributed by atoms with Crippen molar-refractivity contribution >= 4 is 0 Å². The predicted octanol–water partition coefficient (Wildman–Crippen LogP) is 3.88. The highest BCUT2D eigenvalue weighted by atomic mass is 16.3. The molecule has 1 saturated heterocycles. The lowest BCUT2D eigenvalue weighted by Crippen LogP contribution is -2.41. The average molecular weight is 278 g/mol. The summed E-state index contributed by atoms with van der Waals surface area (Å²) in [6.07, 6.45) is 6.23. The van der Waals surface area contributed by atoms with Crippen molar-refractivity contribution in [2.75, 3.05) is 13.1 Å². The van der Waals surface area contributed by atoms with E-state index in [2.05, 4.69) is 30.9 Å². The number of hydrogen-bond donors (Lipinski definition) is 1. The number of hydrogen-bond acceptors (Lipinski definition) is 3. The minimum absolute atomic E-state index is 0.152. The van der Waals surface area contributed by atoms with E-state index in [1.54, 1.807) is 0 Å². The molecule has 0 radical (unpaired) electrons. The van der Waals surface area contributed by atoms with Crippen LogP contribution in [0.5, 0.6) is 0 Å². The predicted molar refractivity (Wildman–Crippen MR) is 83.7 cm³/mol. The van der Waals surface area contributed by atoms with Crippen LogP contribution in [-0.2, 0) is 0 Å². The zero-order chi connectivity index (χ0) is 14.5. The summed E-state index contributed by atoms with van der Waals surface area (Å²) in [7, 11) is 0. The van der Waals surface area contributed by atoms with E-state index in [-0.39, 0.29) is 12.1 Å². The molecule has 1 aromatic rings. The lowest BCUT2D eigenvalue weighted by molar-refractivity contribution is 0.150. The average Bonchev–Trinajstić information content (AvgIpc) is 2.74. The molecule has 20 heavy (non-hydrogen) atoms. The molecule has 0 aromatic carbocycles. The zero-order valence-corrected chi connectivity index (χ0v) is 13.3. The lowest BCUT2D eigenvalue weighted by atomic mass is 9.98. The standard InChI is InChI=1S/C17H30N2O/c1-4-14-7-6-11-19(12-10-14)17(15(18)5-2)16-9-8-13(3)20-16/h8-9,14-15,17H,4-7,10-12,18H2,1-3H3. The molecule has 0 spiro atoms. The van der Waals surface area contributed by atoms with Crippen LogP contribution < -0.4 is 5.73 Å². The fourth-order valence-electron chi connectivity index (χ4n) is 3.37. The topological polar surface area (TPSA) is 42.4 Å². The van der Waals surface area contributed by atoms with Gasteiger partial charge in [0.15, 0.2) is 0 Å². The highest BCUT2D eigenvalue weighted by Crippen LogP contribution is 2.31. The van der Waals surface area contributed by atoms with E-state index in [1.807, 2.05) is 6.92 Å². The van der Waals surface area contributed by atoms with Crippen molar-refractivity contribution in [2.45, 2.75) is 65.0 Å². The van der Waals surface area contributed by atoms with Gasteiger partial charge in [0, 0.05) is 6.04 Å². The van der Waals surface area contributed by atoms with E-state index in [0.29, 0.717) is 0 Å². The Bertz CT molecular complexity index is 401. The third kappa shape index (κ3) is 3.64. The summed E-state index contributed by atoms with van der Waals surface area (Å²) in [5.41, 5.74) is 6.41. The normalized spacial score (nSPS) is 24.3. The summed E-state index contributed by atoms with van der Waals surface area (Å²) >= 11 is 0. The molecule has 2 N–H and O–H groups in total. The van der Waals surface area contributed by atoms with Gasteiger partial charge in [0.05, 0.1) is 6.04 Å². The highest BCUT2D eigenvalue weighted by Gasteiger charge is 2.29. The molecule has 1 aromatic heterocycles. The third-order valence-electron chi connectivity index (χ3n) is 4.78. The third-order valence-corrected chi connectivity index (χ3v) is 4.78. The van der Waals surface area contributed by atoms with Crippen LogP contribution in [-0.4, -0.2) is 24.0 Å². The first kappa shape index (κ1) is 15.6. The van der Waals surface area contributed by atoms with Gasteiger partial charge in [-0.25, -0.2) is 0 Å². The number of aryl methyl sites for hydroxylation is 1. The number of furan rings is 1. The minimum atomic E-state index is 0.152. The largest absolute Gasteiger partial charge is 0.465 e. The Morgan fingerprint density at radius 1 is 1.30 bits per heavy atom. The van der Waals surface area contributed by atoms with Gasteiger partial charge < -0.3 is 10.2 Å². The fourth-order valence-corrected chi connectivity index (χ4v) is 3.37. The molecule has 1 aliphatic heterocycles. The second kappa shape index (κ2) is 7.28. The number of likely N-dealkylation sites (tertiary alicyclic amines) is 1. The summed E-state index contributed by atoms with van der Waals surface area (Å²) < 4.78 is 5.89. The Balaban J connectivity index is 2.14. The van der Waals surface area contributed by atoms with Crippen LogP contribution >= 0.6 is 0 Å². The fraction of sp³-hybridized carbons (Fsp3) is 0.765. The molecule has 3 heteroatoms. The number of nitrogens with zero attached hydrogens (tertiary/aromatic N) is 1. The van der Waals surface area contributed by atoms with E-state index in [4.69, 9.17) is 10.2 Å². The van der Waals surface area contributed by atoms with Crippen LogP contribution in [0.3, 0.4) is 0 Å². The summed E-state index contributed by atoms with van der Waals surface area (Å²) in [6, 6.07) is 4.55. The highest BCUT2D eigenvalue weighted by molar-refractivity contribution is 5.12. The lowest BCUT2D eigenvalue weighted by Gasteiger charge is -2.33. The van der Waals surface area contributed by atoms with Crippen molar-refractivity contribution in [1.82, 2.24) is 4.90 Å². The second-order valence-electron chi connectivity index (χ2n) is 6.21. The Hall–Kier alpha value is -0.800. The maximum absolute atomic E-state index is 6.41. The monoisotopic (exact) mass is 278 g/mol. The van der Waals surface area contributed by atoms with E-state index in [9.17, 15) is 0 Å². The van der Waals surface area contributed by atoms with Crippen molar-refractivity contribution < 1.29 is 4.42 Å². The van der Waals surface area contributed by atoms with Gasteiger partial charge in [-0.2, -0.15) is 0 Å². The smallest absolute Gasteiger partial charge is 0.122 e. The Morgan fingerprint density at radius 3 is 2.70 bits per heavy atom. The van der Waals surface area contributed by atoms with Crippen molar-refractivity contribution in [3.8, 4) is 0 Å². The van der Waals surface area contributed by atoms with Crippen LogP contribution in [0.2, 0.25) is 0 Å². The molecule has 3 nitrogen and oxygen atoms in total. The van der Waals surface area contributed by atoms with Crippen LogP contribution in [0.4, 0.5) is 0 Å². The Labute approximate surface area is 123 Å². The molecular weight excluding hydrogens is 248 g/mol. The van der Waals surface area contributed by atoms with E-state index in [0.717, 1.165) is 36.9 Å². The maximum Gasteiger partial charge on any atom is 0.122 e. The second-order valence-corrected chi connectivity index (χ2v) is 6.21. The van der Waals surface area contributed by atoms with Gasteiger partial charge in [-0.1, -0.05) is 20.3 Å². The van der Waals surface area contributed by atoms with Gasteiger partial charge in [0.1, 0.15) is 11.5 Å². The first-order valence-corrected chi connectivity index (χ1v) is 8.21. The maximum atomic E-state index is 6.41. The Morgan fingerprint density at radius 2 is 2.10 bits per heavy atom. The van der Waals surface area contributed by atoms with Crippen molar-refractivity contribution in [2.24, 2.45) is 11.7 Å². The van der Waals surface area contributed by atoms with E-state index in [1.165, 1.54) is 25.7 Å². The van der Waals surface area contributed by atoms with Crippen molar-refractivity contribution in [3.05, 3.63) is 23.7 Å². The molecule has 114 valence electrons. The van der Waals surface area contributed by atoms with Crippen LogP contribution in [0.15, 0.2) is 16.5 Å². The molecule has 2 rings (SSSR count). The van der Waals surface area contributed by atoms with Gasteiger partial charge in [-0.3, -0.25) is 4.90 Å². The molecule has 1 fully saturated rings. The van der Waals surface area contributed by atoms with E-state index < -0.39 is 0 Å². The quantitative estimate of drug-likeness (QED) is 0.889. The van der Waals surface area contributed by atoms with Gasteiger partial charge >= 0.3 is 0 Å². The first-order chi connectivity index (χ1) is 9.65. The van der Waals surface area contributed by atoms with Crippen LogP contribution in [0.25, 0.3) is 0 Å². The SMILES string of the molecule is CCC1CCCN(C(c2ccc(C)o2)C(N)CC)CC1. The van der Waals surface area contributed by atoms with Gasteiger partial charge in [0.2, 0.25) is 0 Å². The molecule has 0 amide bonds. The number of nitrogens with two attached hydrogens (primary N) is 1. The zero-order valence-electron chi connectivity index (χ0n) is 13.3. The summed E-state index contributed by atoms with van der Waals surface area (Å²) in [5, 5.41) is 0. The molecule has 1 aliphatic rings. The summed E-state index contributed by atoms with van der Waals surface area (Å²) in [6.45, 7) is 8.78. The van der Waals surface area contributed by atoms with Crippen molar-refractivity contribution in [3.63, 3.8) is 0 Å². The molecule has 0 saturated carbocycles. The molecule has 3 unspecified atom stereocenters. The Kier molecular flexibility index (Phi) is 5.67. The molecular formula is C17H30N2O. The van der Waals surface area contributed by atoms with Crippen LogP contribution in [0.1, 0.15) is 63.5 Å². The van der Waals surface area contributed by atoms with Gasteiger partial charge in [-0.15, -0.1) is 0 Å². The van der Waals surface area contributed by atoms with Crippen molar-refractivity contribution in [1.29, 1.82) is 0 Å². The molecule has 3 atom stereocenters. The van der Waals surface area contributed by atoms with Crippen LogP contribution in [0, 0.1) is 12.8 Å². The molecule has 0 aliphatic carbocycles. The first-order valence-electron chi connectivity index (χ1n) is 8.21.